The summed E-state index contributed by atoms with van der Waals surface area (Å²) in [5.74, 6) is -0.974. The molecule has 0 aliphatic carbocycles. The van der Waals surface area contributed by atoms with Gasteiger partial charge in [0.05, 0.1) is 16.8 Å². The molecule has 0 aliphatic heterocycles. The maximum Gasteiger partial charge on any atom is 0.335 e. The Morgan fingerprint density at radius 1 is 1.12 bits per heavy atom. The van der Waals surface area contributed by atoms with Crippen molar-refractivity contribution in [3.63, 3.8) is 0 Å². The van der Waals surface area contributed by atoms with E-state index in [0.717, 1.165) is 16.8 Å². The van der Waals surface area contributed by atoms with Crippen LogP contribution in [-0.2, 0) is 0 Å². The van der Waals surface area contributed by atoms with E-state index in [2.05, 4.69) is 11.1 Å². The second-order valence-corrected chi connectivity index (χ2v) is 5.86. The van der Waals surface area contributed by atoms with E-state index in [9.17, 15) is 10.1 Å². The van der Waals surface area contributed by atoms with Crippen LogP contribution in [-0.4, -0.2) is 16.1 Å². The van der Waals surface area contributed by atoms with Crippen molar-refractivity contribution in [3.05, 3.63) is 76.1 Å². The fourth-order valence-electron chi connectivity index (χ4n) is 2.17. The molecule has 0 bridgehead atoms. The van der Waals surface area contributed by atoms with Gasteiger partial charge in [0.1, 0.15) is 11.1 Å². The van der Waals surface area contributed by atoms with Crippen LogP contribution in [0.2, 0.25) is 0 Å². The van der Waals surface area contributed by atoms with Gasteiger partial charge in [0, 0.05) is 10.9 Å². The number of thiazole rings is 1. The molecule has 0 unspecified atom stereocenters. The number of carboxylic acids is 1. The molecule has 3 aromatic rings. The van der Waals surface area contributed by atoms with E-state index in [1.54, 1.807) is 18.2 Å². The third-order valence-electron chi connectivity index (χ3n) is 3.39. The van der Waals surface area contributed by atoms with E-state index in [-0.39, 0.29) is 5.56 Å². The van der Waals surface area contributed by atoms with Crippen molar-refractivity contribution in [1.29, 1.82) is 5.26 Å². The topological polar surface area (TPSA) is 74.0 Å². The highest BCUT2D eigenvalue weighted by Gasteiger charge is 2.09. The van der Waals surface area contributed by atoms with Gasteiger partial charge < -0.3 is 5.11 Å². The third kappa shape index (κ3) is 3.40. The molecule has 2 aromatic carbocycles. The first-order chi connectivity index (χ1) is 11.7. The molecule has 0 aliphatic rings. The maximum absolute atomic E-state index is 10.9. The fraction of sp³-hybridized carbons (Fsp3) is 0. The number of hydrogen-bond donors (Lipinski definition) is 1. The van der Waals surface area contributed by atoms with Gasteiger partial charge in [0.15, 0.2) is 0 Å². The number of rotatable bonds is 4. The highest BCUT2D eigenvalue weighted by atomic mass is 32.1. The molecule has 1 N–H and O–H groups in total. The average Bonchev–Trinajstić information content (AvgIpc) is 3.11. The van der Waals surface area contributed by atoms with Crippen LogP contribution in [0.4, 0.5) is 0 Å². The van der Waals surface area contributed by atoms with Crippen LogP contribution >= 0.6 is 11.3 Å². The molecule has 1 aromatic heterocycles. The molecule has 0 saturated carbocycles. The minimum Gasteiger partial charge on any atom is -0.478 e. The Hall–Kier alpha value is -3.23. The van der Waals surface area contributed by atoms with Gasteiger partial charge in [-0.1, -0.05) is 42.5 Å². The highest BCUT2D eigenvalue weighted by Crippen LogP contribution is 2.27. The molecular weight excluding hydrogens is 320 g/mol. The summed E-state index contributed by atoms with van der Waals surface area (Å²) in [6.45, 7) is 0. The standard InChI is InChI=1S/C19H12N2O2S/c20-11-16(10-13-6-8-15(9-7-13)19(22)23)18-21-17(12-24-18)14-4-2-1-3-5-14/h1-10,12H,(H,22,23). The molecule has 4 nitrogen and oxygen atoms in total. The molecule has 0 spiro atoms. The molecular formula is C19H12N2O2S. The van der Waals surface area contributed by atoms with Crippen LogP contribution < -0.4 is 0 Å². The minimum atomic E-state index is -0.974. The van der Waals surface area contributed by atoms with Gasteiger partial charge in [-0.05, 0) is 23.8 Å². The summed E-state index contributed by atoms with van der Waals surface area (Å²) >= 11 is 1.41. The summed E-state index contributed by atoms with van der Waals surface area (Å²) in [5, 5.41) is 20.9. The van der Waals surface area contributed by atoms with E-state index in [4.69, 9.17) is 5.11 Å². The Morgan fingerprint density at radius 2 is 1.83 bits per heavy atom. The number of carbonyl (C=O) groups is 1. The van der Waals surface area contributed by atoms with Crippen molar-refractivity contribution in [2.24, 2.45) is 0 Å². The van der Waals surface area contributed by atoms with Crippen molar-refractivity contribution < 1.29 is 9.90 Å². The molecule has 0 amide bonds. The number of aromatic nitrogens is 1. The van der Waals surface area contributed by atoms with Crippen molar-refractivity contribution in [3.8, 4) is 17.3 Å². The van der Waals surface area contributed by atoms with Crippen LogP contribution in [0.25, 0.3) is 22.9 Å². The number of hydrogen-bond acceptors (Lipinski definition) is 4. The predicted octanol–water partition coefficient (Wildman–Crippen LogP) is 4.57. The van der Waals surface area contributed by atoms with E-state index >= 15 is 0 Å². The van der Waals surface area contributed by atoms with Gasteiger partial charge in [-0.3, -0.25) is 0 Å². The lowest BCUT2D eigenvalue weighted by molar-refractivity contribution is 0.0697. The van der Waals surface area contributed by atoms with Crippen LogP contribution in [0, 0.1) is 11.3 Å². The van der Waals surface area contributed by atoms with Gasteiger partial charge in [-0.25, -0.2) is 9.78 Å². The van der Waals surface area contributed by atoms with E-state index in [1.807, 2.05) is 35.7 Å². The normalized spacial score (nSPS) is 11.0. The lowest BCUT2D eigenvalue weighted by atomic mass is 10.1. The SMILES string of the molecule is N#CC(=Cc1ccc(C(=O)O)cc1)c1nc(-c2ccccc2)cs1. The first kappa shape index (κ1) is 15.7. The average molecular weight is 332 g/mol. The zero-order valence-electron chi connectivity index (χ0n) is 12.5. The van der Waals surface area contributed by atoms with Gasteiger partial charge in [0.25, 0.3) is 0 Å². The molecule has 3 rings (SSSR count). The van der Waals surface area contributed by atoms with E-state index < -0.39 is 5.97 Å². The van der Waals surface area contributed by atoms with Gasteiger partial charge in [0.2, 0.25) is 0 Å². The summed E-state index contributed by atoms with van der Waals surface area (Å²) in [4.78, 5) is 15.4. The predicted molar refractivity (Wildman–Crippen MR) is 94.4 cm³/mol. The lowest BCUT2D eigenvalue weighted by Gasteiger charge is -1.98. The summed E-state index contributed by atoms with van der Waals surface area (Å²) in [6.07, 6.45) is 1.71. The van der Waals surface area contributed by atoms with E-state index in [1.165, 1.54) is 23.5 Å². The second kappa shape index (κ2) is 6.90. The molecule has 0 saturated heterocycles. The summed E-state index contributed by atoms with van der Waals surface area (Å²) in [7, 11) is 0. The van der Waals surface area contributed by atoms with Gasteiger partial charge in [-0.15, -0.1) is 11.3 Å². The zero-order valence-corrected chi connectivity index (χ0v) is 13.3. The molecule has 0 atom stereocenters. The fourth-order valence-corrected chi connectivity index (χ4v) is 2.96. The number of nitrogens with zero attached hydrogens (tertiary/aromatic N) is 2. The van der Waals surface area contributed by atoms with E-state index in [0.29, 0.717) is 10.6 Å². The number of allylic oxidation sites excluding steroid dienone is 1. The summed E-state index contributed by atoms with van der Waals surface area (Å²) < 4.78 is 0. The molecule has 1 heterocycles. The number of nitriles is 1. The third-order valence-corrected chi connectivity index (χ3v) is 4.27. The monoisotopic (exact) mass is 332 g/mol. The Balaban J connectivity index is 1.90. The highest BCUT2D eigenvalue weighted by molar-refractivity contribution is 7.11. The smallest absolute Gasteiger partial charge is 0.335 e. The lowest BCUT2D eigenvalue weighted by Crippen LogP contribution is -1.94. The molecule has 24 heavy (non-hydrogen) atoms. The van der Waals surface area contributed by atoms with Crippen molar-refractivity contribution in [1.82, 2.24) is 4.98 Å². The van der Waals surface area contributed by atoms with Gasteiger partial charge in [-0.2, -0.15) is 5.26 Å². The van der Waals surface area contributed by atoms with Crippen LogP contribution in [0.3, 0.4) is 0 Å². The summed E-state index contributed by atoms with van der Waals surface area (Å²) in [5.41, 5.74) is 3.26. The minimum absolute atomic E-state index is 0.214. The maximum atomic E-state index is 10.9. The largest absolute Gasteiger partial charge is 0.478 e. The first-order valence-corrected chi connectivity index (χ1v) is 8.02. The first-order valence-electron chi connectivity index (χ1n) is 7.14. The Kier molecular flexibility index (Phi) is 4.50. The summed E-state index contributed by atoms with van der Waals surface area (Å²) in [6, 6.07) is 18.3. The Bertz CT molecular complexity index is 936. The van der Waals surface area contributed by atoms with Crippen molar-refractivity contribution in [2.45, 2.75) is 0 Å². The zero-order chi connectivity index (χ0) is 16.9. The van der Waals surface area contributed by atoms with Crippen molar-refractivity contribution >= 4 is 29.0 Å². The van der Waals surface area contributed by atoms with Crippen molar-refractivity contribution in [2.75, 3.05) is 0 Å². The van der Waals surface area contributed by atoms with Crippen LogP contribution in [0.1, 0.15) is 20.9 Å². The Labute approximate surface area is 143 Å². The second-order valence-electron chi connectivity index (χ2n) is 5.00. The molecule has 5 heteroatoms. The van der Waals surface area contributed by atoms with Crippen LogP contribution in [0.15, 0.2) is 60.0 Å². The number of aromatic carboxylic acids is 1. The Morgan fingerprint density at radius 3 is 2.46 bits per heavy atom. The van der Waals surface area contributed by atoms with Gasteiger partial charge >= 0.3 is 5.97 Å². The quantitative estimate of drug-likeness (QED) is 0.710. The number of carboxylic acid groups (broad SMARTS) is 1. The van der Waals surface area contributed by atoms with Crippen LogP contribution in [0.5, 0.6) is 0 Å². The number of benzene rings is 2. The molecule has 0 fully saturated rings. The molecule has 0 radical (unpaired) electrons. The molecule has 116 valence electrons.